The number of nitrogens with one attached hydrogen (secondary N) is 1. The molecule has 0 aromatic heterocycles. The van der Waals surface area contributed by atoms with Gasteiger partial charge in [0.25, 0.3) is 0 Å². The number of aryl methyl sites for hydroxylation is 2. The van der Waals surface area contributed by atoms with E-state index in [-0.39, 0.29) is 6.61 Å². The number of hydrogen-bond donors (Lipinski definition) is 2. The van der Waals surface area contributed by atoms with Gasteiger partial charge in [-0.1, -0.05) is 11.6 Å². The molecule has 0 aliphatic rings. The molecule has 0 radical (unpaired) electrons. The number of likely N-dealkylation sites (N-methyl/N-ethyl adjacent to an activating group) is 1. The molecule has 0 fully saturated rings. The maximum absolute atomic E-state index is 8.78. The molecule has 1 atom stereocenters. The van der Waals surface area contributed by atoms with Crippen LogP contribution in [0.15, 0.2) is 12.1 Å². The largest absolute Gasteiger partial charge is 0.491 e. The summed E-state index contributed by atoms with van der Waals surface area (Å²) >= 11 is 6.11. The molecule has 0 spiro atoms. The van der Waals surface area contributed by atoms with Crippen LogP contribution in [0, 0.1) is 13.8 Å². The molecular weight excluding hydrogens is 278 g/mol. The Morgan fingerprint density at radius 2 is 1.75 bits per heavy atom. The minimum atomic E-state index is 0.213. The van der Waals surface area contributed by atoms with Crippen LogP contribution >= 0.6 is 11.6 Å². The van der Waals surface area contributed by atoms with E-state index in [1.807, 2.05) is 33.0 Å². The number of rotatable bonds is 9. The van der Waals surface area contributed by atoms with Crippen LogP contribution in [0.5, 0.6) is 5.75 Å². The highest BCUT2D eigenvalue weighted by Crippen LogP contribution is 2.25. The molecule has 4 nitrogen and oxygen atoms in total. The fourth-order valence-electron chi connectivity index (χ4n) is 1.87. The minimum Gasteiger partial charge on any atom is -0.491 e. The number of quaternary nitrogens is 1. The average molecular weight is 303 g/mol. The van der Waals surface area contributed by atoms with Crippen LogP contribution in [0.1, 0.15) is 11.1 Å². The second kappa shape index (κ2) is 9.19. The number of aliphatic hydroxyl groups is 1. The van der Waals surface area contributed by atoms with Gasteiger partial charge in [-0.15, -0.1) is 0 Å². The fourth-order valence-corrected chi connectivity index (χ4v) is 1.98. The van der Waals surface area contributed by atoms with Crippen LogP contribution in [-0.2, 0) is 4.74 Å². The molecule has 1 aromatic carbocycles. The standard InChI is InChI=1S/C15H24ClNO3/c1-12-10-14(11-13(2)15(12)16)20-9-8-19-7-5-17(3)4-6-18/h10-11,18H,4-9H2,1-3H3/p+1. The lowest BCUT2D eigenvalue weighted by Gasteiger charge is -2.13. The number of halogens is 1. The molecule has 20 heavy (non-hydrogen) atoms. The second-order valence-corrected chi connectivity index (χ2v) is 5.39. The Labute approximate surface area is 126 Å². The van der Waals surface area contributed by atoms with Crippen molar-refractivity contribution in [3.8, 4) is 5.75 Å². The van der Waals surface area contributed by atoms with E-state index in [1.54, 1.807) is 0 Å². The van der Waals surface area contributed by atoms with Gasteiger partial charge in [-0.2, -0.15) is 0 Å². The third kappa shape index (κ3) is 6.09. The Hall–Kier alpha value is -0.810. The van der Waals surface area contributed by atoms with Crippen molar-refractivity contribution >= 4 is 11.6 Å². The predicted octanol–water partition coefficient (Wildman–Crippen LogP) is 0.859. The Bertz CT molecular complexity index is 389. The third-order valence-electron chi connectivity index (χ3n) is 3.12. The average Bonchev–Trinajstić information content (AvgIpc) is 2.40. The summed E-state index contributed by atoms with van der Waals surface area (Å²) in [4.78, 5) is 1.26. The molecule has 0 aliphatic carbocycles. The molecule has 0 amide bonds. The van der Waals surface area contributed by atoms with E-state index in [1.165, 1.54) is 4.90 Å². The van der Waals surface area contributed by atoms with Crippen molar-refractivity contribution < 1.29 is 19.5 Å². The number of aliphatic hydroxyl groups excluding tert-OH is 1. The smallest absolute Gasteiger partial charge is 0.120 e. The molecule has 0 bridgehead atoms. The van der Waals surface area contributed by atoms with Gasteiger partial charge < -0.3 is 19.5 Å². The molecular formula is C15H25ClNO3+. The van der Waals surface area contributed by atoms with Gasteiger partial charge in [0.2, 0.25) is 0 Å². The zero-order valence-electron chi connectivity index (χ0n) is 12.5. The Kier molecular flexibility index (Phi) is 7.92. The summed E-state index contributed by atoms with van der Waals surface area (Å²) in [6, 6.07) is 3.88. The first-order valence-corrected chi connectivity index (χ1v) is 7.32. The predicted molar refractivity (Wildman–Crippen MR) is 80.9 cm³/mol. The van der Waals surface area contributed by atoms with Crippen LogP contribution in [0.4, 0.5) is 0 Å². The van der Waals surface area contributed by atoms with Crippen molar-refractivity contribution in [1.29, 1.82) is 0 Å². The van der Waals surface area contributed by atoms with E-state index in [2.05, 4.69) is 0 Å². The monoisotopic (exact) mass is 302 g/mol. The van der Waals surface area contributed by atoms with Gasteiger partial charge in [0.05, 0.1) is 26.9 Å². The van der Waals surface area contributed by atoms with Crippen molar-refractivity contribution in [2.75, 3.05) is 46.6 Å². The molecule has 114 valence electrons. The normalized spacial score (nSPS) is 12.4. The third-order valence-corrected chi connectivity index (χ3v) is 3.71. The van der Waals surface area contributed by atoms with Crippen LogP contribution in [0.3, 0.4) is 0 Å². The van der Waals surface area contributed by atoms with Gasteiger partial charge in [-0.25, -0.2) is 0 Å². The summed E-state index contributed by atoms with van der Waals surface area (Å²) in [7, 11) is 2.04. The molecule has 2 N–H and O–H groups in total. The second-order valence-electron chi connectivity index (χ2n) is 5.01. The summed E-state index contributed by atoms with van der Waals surface area (Å²) in [5.74, 6) is 0.830. The first kappa shape index (κ1) is 17.2. The number of ether oxygens (including phenoxy) is 2. The SMILES string of the molecule is Cc1cc(OCCOCC[NH+](C)CCO)cc(C)c1Cl. The summed E-state index contributed by atoms with van der Waals surface area (Å²) < 4.78 is 11.1. The highest BCUT2D eigenvalue weighted by Gasteiger charge is 2.04. The molecule has 5 heteroatoms. The van der Waals surface area contributed by atoms with Crippen molar-refractivity contribution in [2.45, 2.75) is 13.8 Å². The van der Waals surface area contributed by atoms with E-state index in [0.29, 0.717) is 19.8 Å². The molecule has 1 aromatic rings. The van der Waals surface area contributed by atoms with Gasteiger partial charge in [0, 0.05) is 5.02 Å². The van der Waals surface area contributed by atoms with Gasteiger partial charge >= 0.3 is 0 Å². The summed E-state index contributed by atoms with van der Waals surface area (Å²) in [6.45, 7) is 7.56. The molecule has 0 heterocycles. The van der Waals surface area contributed by atoms with Crippen LogP contribution in [0.2, 0.25) is 5.02 Å². The zero-order valence-corrected chi connectivity index (χ0v) is 13.3. The first-order valence-electron chi connectivity index (χ1n) is 6.94. The topological polar surface area (TPSA) is 43.1 Å². The number of benzene rings is 1. The van der Waals surface area contributed by atoms with E-state index in [9.17, 15) is 0 Å². The molecule has 1 rings (SSSR count). The van der Waals surface area contributed by atoms with Crippen molar-refractivity contribution in [3.63, 3.8) is 0 Å². The summed E-state index contributed by atoms with van der Waals surface area (Å²) in [5, 5.41) is 9.57. The van der Waals surface area contributed by atoms with Gasteiger partial charge in [0.15, 0.2) is 0 Å². The molecule has 1 unspecified atom stereocenters. The maximum atomic E-state index is 8.78. The van der Waals surface area contributed by atoms with Crippen LogP contribution < -0.4 is 9.64 Å². The van der Waals surface area contributed by atoms with Crippen molar-refractivity contribution in [2.24, 2.45) is 0 Å². The van der Waals surface area contributed by atoms with Gasteiger partial charge in [-0.05, 0) is 37.1 Å². The minimum absolute atomic E-state index is 0.213. The Morgan fingerprint density at radius 3 is 2.35 bits per heavy atom. The highest BCUT2D eigenvalue weighted by molar-refractivity contribution is 6.32. The molecule has 0 aliphatic heterocycles. The lowest BCUT2D eigenvalue weighted by Crippen LogP contribution is -3.10. The molecule has 0 saturated carbocycles. The van der Waals surface area contributed by atoms with Gasteiger partial charge in [0.1, 0.15) is 25.4 Å². The van der Waals surface area contributed by atoms with E-state index in [4.69, 9.17) is 26.2 Å². The van der Waals surface area contributed by atoms with E-state index in [0.717, 1.165) is 35.0 Å². The van der Waals surface area contributed by atoms with Crippen LogP contribution in [-0.4, -0.2) is 51.7 Å². The Morgan fingerprint density at radius 1 is 1.10 bits per heavy atom. The zero-order chi connectivity index (χ0) is 15.0. The number of hydrogen-bond acceptors (Lipinski definition) is 3. The fraction of sp³-hybridized carbons (Fsp3) is 0.600. The maximum Gasteiger partial charge on any atom is 0.120 e. The van der Waals surface area contributed by atoms with E-state index < -0.39 is 0 Å². The first-order chi connectivity index (χ1) is 9.54. The van der Waals surface area contributed by atoms with Crippen molar-refractivity contribution in [1.82, 2.24) is 0 Å². The van der Waals surface area contributed by atoms with Crippen LogP contribution in [0.25, 0.3) is 0 Å². The molecule has 0 saturated heterocycles. The lowest BCUT2D eigenvalue weighted by atomic mass is 10.1. The van der Waals surface area contributed by atoms with Gasteiger partial charge in [-0.3, -0.25) is 0 Å². The lowest BCUT2D eigenvalue weighted by molar-refractivity contribution is -0.880. The quantitative estimate of drug-likeness (QED) is 0.665. The highest BCUT2D eigenvalue weighted by atomic mass is 35.5. The van der Waals surface area contributed by atoms with Crippen molar-refractivity contribution in [3.05, 3.63) is 28.3 Å². The summed E-state index contributed by atoms with van der Waals surface area (Å²) in [5.41, 5.74) is 2.05. The summed E-state index contributed by atoms with van der Waals surface area (Å²) in [6.07, 6.45) is 0. The van der Waals surface area contributed by atoms with E-state index >= 15 is 0 Å². The Balaban J connectivity index is 2.19.